The molecule has 0 radical (unpaired) electrons. The fourth-order valence-corrected chi connectivity index (χ4v) is 6.54. The van der Waals surface area contributed by atoms with Crippen molar-refractivity contribution in [2.24, 2.45) is 0 Å². The smallest absolute Gasteiger partial charge is 0.457 e. The van der Waals surface area contributed by atoms with E-state index in [1.165, 1.54) is 109 Å². The van der Waals surface area contributed by atoms with Crippen LogP contribution in [0.25, 0.3) is 0 Å². The first-order valence-electron chi connectivity index (χ1n) is 21.7. The van der Waals surface area contributed by atoms with Gasteiger partial charge in [-0.05, 0) is 51.4 Å². The summed E-state index contributed by atoms with van der Waals surface area (Å²) in [6.07, 6.45) is 43.3. The first-order chi connectivity index (χ1) is 25.6. The van der Waals surface area contributed by atoms with E-state index in [4.69, 9.17) is 18.5 Å². The first-order valence-corrected chi connectivity index (χ1v) is 23.2. The molecule has 2 unspecified atom stereocenters. The van der Waals surface area contributed by atoms with Crippen LogP contribution in [0.5, 0.6) is 0 Å². The number of phosphoric ester groups is 1. The van der Waals surface area contributed by atoms with Crippen molar-refractivity contribution in [1.29, 1.82) is 0 Å². The average molecular weight is 771 g/mol. The minimum absolute atomic E-state index is 0.0868. The van der Waals surface area contributed by atoms with Gasteiger partial charge in [-0.2, -0.15) is 0 Å². The second-order valence-electron chi connectivity index (χ2n) is 15.7. The summed E-state index contributed by atoms with van der Waals surface area (Å²) in [6, 6.07) is 0. The van der Waals surface area contributed by atoms with Gasteiger partial charge in [0.1, 0.15) is 19.3 Å². The molecule has 0 bridgehead atoms. The molecule has 1 N–H and O–H groups in total. The number of allylic oxidation sites excluding steroid dienone is 6. The quantitative estimate of drug-likeness (QED) is 0.0218. The second-order valence-corrected chi connectivity index (χ2v) is 17.2. The molecule has 0 amide bonds. The molecule has 0 saturated carbocycles. The van der Waals surface area contributed by atoms with Crippen molar-refractivity contribution in [2.75, 3.05) is 54.1 Å². The lowest BCUT2D eigenvalue weighted by molar-refractivity contribution is -0.870. The van der Waals surface area contributed by atoms with Crippen LogP contribution in [-0.4, -0.2) is 75.6 Å². The van der Waals surface area contributed by atoms with E-state index < -0.39 is 13.9 Å². The number of unbranched alkanes of at least 4 members (excludes halogenated alkanes) is 20. The summed E-state index contributed by atoms with van der Waals surface area (Å²) in [6.45, 7) is 5.57. The van der Waals surface area contributed by atoms with Crippen molar-refractivity contribution in [1.82, 2.24) is 0 Å². The lowest BCUT2D eigenvalue weighted by atomic mass is 10.1. The van der Waals surface area contributed by atoms with Crippen LogP contribution < -0.4 is 0 Å². The van der Waals surface area contributed by atoms with Gasteiger partial charge in [0.05, 0.1) is 34.4 Å². The molecule has 0 heterocycles. The maximum atomic E-state index is 12.6. The molecule has 0 aliphatic heterocycles. The fourth-order valence-electron chi connectivity index (χ4n) is 5.79. The number of hydrogen-bond acceptors (Lipinski definition) is 6. The number of rotatable bonds is 40. The molecule has 0 fully saturated rings. The van der Waals surface area contributed by atoms with E-state index in [9.17, 15) is 14.3 Å². The lowest BCUT2D eigenvalue weighted by Crippen LogP contribution is -2.37. The monoisotopic (exact) mass is 771 g/mol. The number of esters is 1. The molecule has 0 saturated heterocycles. The molecule has 312 valence electrons. The van der Waals surface area contributed by atoms with Crippen LogP contribution in [-0.2, 0) is 27.9 Å². The summed E-state index contributed by atoms with van der Waals surface area (Å²) < 4.78 is 34.9. The summed E-state index contributed by atoms with van der Waals surface area (Å²) >= 11 is 0. The predicted octanol–water partition coefficient (Wildman–Crippen LogP) is 12.6. The van der Waals surface area contributed by atoms with E-state index in [2.05, 4.69) is 50.3 Å². The van der Waals surface area contributed by atoms with E-state index in [0.29, 0.717) is 24.1 Å². The number of likely N-dealkylation sites (N-methyl/N-ethyl adjacent to an activating group) is 1. The van der Waals surface area contributed by atoms with Crippen LogP contribution in [0.15, 0.2) is 36.5 Å². The zero-order valence-corrected chi connectivity index (χ0v) is 36.1. The van der Waals surface area contributed by atoms with Gasteiger partial charge in [-0.1, -0.05) is 159 Å². The highest BCUT2D eigenvalue weighted by Crippen LogP contribution is 2.43. The number of carbonyl (C=O) groups excluding carboxylic acids is 1. The molecule has 53 heavy (non-hydrogen) atoms. The van der Waals surface area contributed by atoms with Crippen LogP contribution in [0, 0.1) is 0 Å². The number of phosphoric acid groups is 1. The van der Waals surface area contributed by atoms with E-state index in [1.54, 1.807) is 0 Å². The highest BCUT2D eigenvalue weighted by Gasteiger charge is 2.26. The molecular formula is C44H85NO7P+. The van der Waals surface area contributed by atoms with Crippen molar-refractivity contribution in [2.45, 2.75) is 187 Å². The maximum absolute atomic E-state index is 12.6. The van der Waals surface area contributed by atoms with Gasteiger partial charge in [0, 0.05) is 13.0 Å². The Morgan fingerprint density at radius 1 is 0.585 bits per heavy atom. The number of carbonyl (C=O) groups is 1. The van der Waals surface area contributed by atoms with Gasteiger partial charge in [0.2, 0.25) is 0 Å². The Hall–Kier alpha value is -1.28. The van der Waals surface area contributed by atoms with Crippen LogP contribution in [0.2, 0.25) is 0 Å². The lowest BCUT2D eigenvalue weighted by Gasteiger charge is -2.24. The SMILES string of the molecule is CCCCCCC/C=C\C/C=C\C/C=C\CCCCCCCCCOCC(COP(=O)(O)OCC[N+](C)(C)C)OC(=O)CCCCCCCCCCC. The Labute approximate surface area is 327 Å². The number of hydrogen-bond donors (Lipinski definition) is 1. The molecule has 0 aromatic carbocycles. The maximum Gasteiger partial charge on any atom is 0.472 e. The summed E-state index contributed by atoms with van der Waals surface area (Å²) in [7, 11) is 1.66. The highest BCUT2D eigenvalue weighted by molar-refractivity contribution is 7.47. The predicted molar refractivity (Wildman–Crippen MR) is 224 cm³/mol. The van der Waals surface area contributed by atoms with E-state index in [0.717, 1.165) is 51.4 Å². The molecule has 9 heteroatoms. The highest BCUT2D eigenvalue weighted by atomic mass is 31.2. The molecule has 0 rings (SSSR count). The minimum Gasteiger partial charge on any atom is -0.457 e. The van der Waals surface area contributed by atoms with Crippen molar-refractivity contribution in [3.8, 4) is 0 Å². The fraction of sp³-hybridized carbons (Fsp3) is 0.841. The summed E-state index contributed by atoms with van der Waals surface area (Å²) in [5.41, 5.74) is 0. The molecule has 0 aromatic rings. The Morgan fingerprint density at radius 2 is 1.04 bits per heavy atom. The van der Waals surface area contributed by atoms with Crippen molar-refractivity contribution >= 4 is 13.8 Å². The van der Waals surface area contributed by atoms with Gasteiger partial charge >= 0.3 is 13.8 Å². The van der Waals surface area contributed by atoms with Gasteiger partial charge in [-0.15, -0.1) is 0 Å². The largest absolute Gasteiger partial charge is 0.472 e. The van der Waals surface area contributed by atoms with Crippen molar-refractivity contribution < 1.29 is 37.3 Å². The zero-order valence-electron chi connectivity index (χ0n) is 35.3. The van der Waals surface area contributed by atoms with Crippen LogP contribution in [0.4, 0.5) is 0 Å². The van der Waals surface area contributed by atoms with E-state index in [-0.39, 0.29) is 25.8 Å². The molecule has 0 aliphatic rings. The Kier molecular flexibility index (Phi) is 36.7. The third-order valence-electron chi connectivity index (χ3n) is 9.20. The molecule has 2 atom stereocenters. The Morgan fingerprint density at radius 3 is 1.55 bits per heavy atom. The number of quaternary nitrogens is 1. The standard InChI is InChI=1S/C44H84NO7P/c1-6-8-10-12-14-16-17-18-19-20-21-22-23-24-25-26-27-28-30-32-34-36-39-49-41-43(42-51-53(47,48)50-40-38-45(3,4)5)52-44(46)37-35-33-31-29-15-13-11-9-7-2/h17-18,20-21,23-24,43H,6-16,19,22,25-42H2,1-5H3/p+1/b18-17-,21-20-,24-23-. The van der Waals surface area contributed by atoms with Gasteiger partial charge < -0.3 is 18.9 Å². The summed E-state index contributed by atoms with van der Waals surface area (Å²) in [5, 5.41) is 0. The third-order valence-corrected chi connectivity index (χ3v) is 10.2. The van der Waals surface area contributed by atoms with Gasteiger partial charge in [-0.25, -0.2) is 4.57 Å². The Balaban J connectivity index is 4.15. The number of ether oxygens (including phenoxy) is 2. The molecule has 8 nitrogen and oxygen atoms in total. The number of nitrogens with zero attached hydrogens (tertiary/aromatic N) is 1. The Bertz CT molecular complexity index is 947. The topological polar surface area (TPSA) is 91.3 Å². The normalized spacial score (nSPS) is 14.2. The summed E-state index contributed by atoms with van der Waals surface area (Å²) in [5.74, 6) is -0.321. The molecule has 0 aromatic heterocycles. The average Bonchev–Trinajstić information content (AvgIpc) is 3.11. The molecular weight excluding hydrogens is 685 g/mol. The zero-order chi connectivity index (χ0) is 39.1. The second kappa shape index (κ2) is 37.6. The van der Waals surface area contributed by atoms with E-state index in [1.807, 2.05) is 21.1 Å². The van der Waals surface area contributed by atoms with Gasteiger partial charge in [0.15, 0.2) is 0 Å². The van der Waals surface area contributed by atoms with Gasteiger partial charge in [-0.3, -0.25) is 13.8 Å². The van der Waals surface area contributed by atoms with Crippen LogP contribution >= 0.6 is 7.82 Å². The van der Waals surface area contributed by atoms with Crippen molar-refractivity contribution in [3.05, 3.63) is 36.5 Å². The third kappa shape index (κ3) is 41.7. The van der Waals surface area contributed by atoms with Crippen LogP contribution in [0.3, 0.4) is 0 Å². The van der Waals surface area contributed by atoms with Gasteiger partial charge in [0.25, 0.3) is 0 Å². The summed E-state index contributed by atoms with van der Waals surface area (Å²) in [4.78, 5) is 22.8. The molecule has 0 aliphatic carbocycles. The van der Waals surface area contributed by atoms with Crippen LogP contribution in [0.1, 0.15) is 181 Å². The minimum atomic E-state index is -4.27. The first kappa shape index (κ1) is 51.7. The molecule has 0 spiro atoms. The van der Waals surface area contributed by atoms with E-state index >= 15 is 0 Å². The van der Waals surface area contributed by atoms with Crippen molar-refractivity contribution in [3.63, 3.8) is 0 Å².